The van der Waals surface area contributed by atoms with E-state index in [1.54, 1.807) is 0 Å². The zero-order valence-corrected chi connectivity index (χ0v) is 58.8. The Bertz CT molecular complexity index is 1810. The van der Waals surface area contributed by atoms with E-state index in [1.807, 2.05) is 12.2 Å². The van der Waals surface area contributed by atoms with Gasteiger partial charge in [-0.2, -0.15) is 0 Å². The maximum absolute atomic E-state index is 13.9. The van der Waals surface area contributed by atoms with Crippen molar-refractivity contribution in [2.24, 2.45) is 5.41 Å². The smallest absolute Gasteiger partial charge is 0.407 e. The summed E-state index contributed by atoms with van der Waals surface area (Å²) in [5, 5.41) is 2.88. The molecule has 92 heavy (non-hydrogen) atoms. The second-order valence-corrected chi connectivity index (χ2v) is 25.4. The van der Waals surface area contributed by atoms with Crippen LogP contribution in [0.5, 0.6) is 0 Å². The number of nitrogens with zero attached hydrogens (tertiary/aromatic N) is 1. The fourth-order valence-electron chi connectivity index (χ4n) is 10.5. The summed E-state index contributed by atoms with van der Waals surface area (Å²) in [5.41, 5.74) is -1.53. The highest BCUT2D eigenvalue weighted by atomic mass is 16.7. The monoisotopic (exact) mass is 1300 g/mol. The molecule has 1 rings (SSSR count). The third-order valence-electron chi connectivity index (χ3n) is 16.5. The minimum absolute atomic E-state index is 0.0153. The van der Waals surface area contributed by atoms with E-state index in [1.165, 1.54) is 64.2 Å². The molecule has 1 amide bonds. The molecule has 0 aromatic rings. The number of carbonyl (C=O) groups is 7. The van der Waals surface area contributed by atoms with Crippen molar-refractivity contribution in [1.29, 1.82) is 0 Å². The second-order valence-electron chi connectivity index (χ2n) is 25.4. The predicted octanol–water partition coefficient (Wildman–Crippen LogP) is 17.0. The Kier molecular flexibility index (Phi) is 58.1. The van der Waals surface area contributed by atoms with Crippen LogP contribution >= 0.6 is 0 Å². The maximum atomic E-state index is 13.9. The van der Waals surface area contributed by atoms with Crippen molar-refractivity contribution in [3.63, 3.8) is 0 Å². The van der Waals surface area contributed by atoms with Gasteiger partial charge < -0.3 is 52.8 Å². The number of carbonyl (C=O) groups excluding carboxylic acids is 7. The number of rotatable bonds is 65. The number of unbranched alkanes of at least 4 members (excludes halogenated alkanes) is 23. The third-order valence-corrected chi connectivity index (χ3v) is 16.5. The molecule has 0 bridgehead atoms. The minimum atomic E-state index is -1.53. The van der Waals surface area contributed by atoms with Crippen LogP contribution in [-0.2, 0) is 71.4 Å². The lowest BCUT2D eigenvalue weighted by Gasteiger charge is -2.32. The van der Waals surface area contributed by atoms with Crippen LogP contribution in [0, 0.1) is 5.41 Å². The third kappa shape index (κ3) is 53.8. The maximum Gasteiger partial charge on any atom is 0.407 e. The molecule has 1 atom stereocenters. The number of allylic oxidation sites excluding steroid dienone is 2. The van der Waals surface area contributed by atoms with Crippen molar-refractivity contribution in [2.45, 2.75) is 323 Å². The lowest BCUT2D eigenvalue weighted by Crippen LogP contribution is -2.44. The molecule has 0 aromatic carbocycles. The van der Waals surface area contributed by atoms with Gasteiger partial charge in [0.15, 0.2) is 6.29 Å². The van der Waals surface area contributed by atoms with Gasteiger partial charge in [-0.1, -0.05) is 181 Å². The van der Waals surface area contributed by atoms with Gasteiger partial charge in [0.25, 0.3) is 0 Å². The van der Waals surface area contributed by atoms with Gasteiger partial charge in [-0.05, 0) is 122 Å². The Balaban J connectivity index is 3.32. The number of hydrogen-bond donors (Lipinski definition) is 1. The Morgan fingerprint density at radius 1 is 0.380 bits per heavy atom. The summed E-state index contributed by atoms with van der Waals surface area (Å²) in [4.78, 5) is 95.1. The summed E-state index contributed by atoms with van der Waals surface area (Å²) in [7, 11) is 0. The fraction of sp³-hybridized carbons (Fsp3) is 0.851. The van der Waals surface area contributed by atoms with Gasteiger partial charge in [0.1, 0.15) is 37.9 Å². The van der Waals surface area contributed by atoms with Gasteiger partial charge in [-0.25, -0.2) is 4.79 Å². The van der Waals surface area contributed by atoms with Crippen LogP contribution < -0.4 is 5.32 Å². The Morgan fingerprint density at radius 3 is 1.18 bits per heavy atom. The van der Waals surface area contributed by atoms with Gasteiger partial charge >= 0.3 is 41.9 Å². The number of amides is 1. The molecule has 1 unspecified atom stereocenters. The van der Waals surface area contributed by atoms with Crippen molar-refractivity contribution in [3.05, 3.63) is 24.3 Å². The summed E-state index contributed by atoms with van der Waals surface area (Å²) in [6.45, 7) is 14.0. The van der Waals surface area contributed by atoms with Crippen molar-refractivity contribution in [1.82, 2.24) is 10.2 Å². The summed E-state index contributed by atoms with van der Waals surface area (Å²) >= 11 is 0. The molecule has 1 heterocycles. The molecule has 0 saturated carbocycles. The average molecular weight is 1310 g/mol. The molecule has 1 aliphatic rings. The second kappa shape index (κ2) is 62.6. The molecule has 0 spiro atoms. The first-order valence-corrected chi connectivity index (χ1v) is 37.0. The highest BCUT2D eigenvalue weighted by Crippen LogP contribution is 2.25. The molecule has 0 aliphatic carbocycles. The van der Waals surface area contributed by atoms with Crippen LogP contribution in [0.3, 0.4) is 0 Å². The molecule has 1 aliphatic heterocycles. The molecule has 1 fully saturated rings. The Labute approximate surface area is 557 Å². The van der Waals surface area contributed by atoms with E-state index in [0.717, 1.165) is 122 Å². The molecular weight excluding hydrogens is 1170 g/mol. The molecule has 18 nitrogen and oxygen atoms in total. The van der Waals surface area contributed by atoms with E-state index < -0.39 is 74.2 Å². The first-order valence-electron chi connectivity index (χ1n) is 37.0. The van der Waals surface area contributed by atoms with Crippen molar-refractivity contribution in [2.75, 3.05) is 79.0 Å². The predicted molar refractivity (Wildman–Crippen MR) is 364 cm³/mol. The highest BCUT2D eigenvalue weighted by molar-refractivity contribution is 5.72. The molecule has 0 radical (unpaired) electrons. The SMILES string of the molecule is CCCCC/C=C\CCOC(=O)CCCCCC(=O)OCC(COC(=O)CCCCCC(=O)OCC/C=C\CCCCC)(COC(=O)CCC(CCCCCC)OC(=O)NCCN1CCCC1)COC(=O)CCC(OCCCCCCCC)OCCCCCCCC. The molecule has 18 heteroatoms. The number of alkyl carbamates (subject to hydrolysis) is 1. The van der Waals surface area contributed by atoms with E-state index in [0.29, 0.717) is 90.8 Å². The van der Waals surface area contributed by atoms with Crippen LogP contribution in [0.25, 0.3) is 0 Å². The zero-order valence-electron chi connectivity index (χ0n) is 58.8. The van der Waals surface area contributed by atoms with Crippen LogP contribution in [0.1, 0.15) is 311 Å². The van der Waals surface area contributed by atoms with Crippen LogP contribution in [0.4, 0.5) is 4.79 Å². The summed E-state index contributed by atoms with van der Waals surface area (Å²) < 4.78 is 52.9. The molecule has 0 aromatic heterocycles. The largest absolute Gasteiger partial charge is 0.465 e. The quantitative estimate of drug-likeness (QED) is 0.0197. The lowest BCUT2D eigenvalue weighted by molar-refractivity contribution is -0.174. The van der Waals surface area contributed by atoms with Crippen LogP contribution in [0.2, 0.25) is 0 Å². The van der Waals surface area contributed by atoms with Crippen LogP contribution in [-0.4, -0.2) is 138 Å². The van der Waals surface area contributed by atoms with E-state index >= 15 is 0 Å². The minimum Gasteiger partial charge on any atom is -0.465 e. The first kappa shape index (κ1) is 85.5. The Hall–Kier alpha value is -4.55. The Morgan fingerprint density at radius 2 is 0.739 bits per heavy atom. The number of likely N-dealkylation sites (tertiary alicyclic amines) is 1. The van der Waals surface area contributed by atoms with Gasteiger partial charge in [0.05, 0.1) is 19.6 Å². The van der Waals surface area contributed by atoms with Crippen molar-refractivity contribution < 1.29 is 76.2 Å². The number of esters is 6. The molecular formula is C74H132N2O16. The fourth-order valence-corrected chi connectivity index (χ4v) is 10.5. The van der Waals surface area contributed by atoms with E-state index in [4.69, 9.17) is 42.6 Å². The molecule has 1 N–H and O–H groups in total. The topological polar surface area (TPSA) is 218 Å². The summed E-state index contributed by atoms with van der Waals surface area (Å²) in [6, 6.07) is 0. The van der Waals surface area contributed by atoms with Gasteiger partial charge in [-0.3, -0.25) is 28.8 Å². The summed E-state index contributed by atoms with van der Waals surface area (Å²) in [6.07, 6.45) is 40.7. The standard InChI is InChI=1S/C74H132N2O16/c1-6-11-16-21-25-29-40-57-84-66(77)45-34-31-36-47-68(79)88-61-74(62-89-69(80)48-37-32-35-46-67(78)85-58-41-30-26-22-17-12-7-2,63-90-70(81)50-49-65(44-33-20-15-10-5)92-73(83)75-53-56-76-54-38-39-55-76)64-91-71(82)51-52-72(86-59-42-27-23-18-13-8-3)87-60-43-28-24-19-14-9-4/h25-26,29-30,65,72H,6-24,27-28,31-64H2,1-5H3,(H,75,83)/b29-25-,30-26-. The van der Waals surface area contributed by atoms with Gasteiger partial charge in [-0.15, -0.1) is 0 Å². The van der Waals surface area contributed by atoms with E-state index in [2.05, 4.69) is 57.0 Å². The normalized spacial score (nSPS) is 13.0. The van der Waals surface area contributed by atoms with Crippen LogP contribution in [0.15, 0.2) is 24.3 Å². The van der Waals surface area contributed by atoms with E-state index in [9.17, 15) is 33.6 Å². The lowest BCUT2D eigenvalue weighted by atomic mass is 9.92. The van der Waals surface area contributed by atoms with Gasteiger partial charge in [0.2, 0.25) is 0 Å². The average Bonchev–Trinajstić information content (AvgIpc) is 1.45. The van der Waals surface area contributed by atoms with Gasteiger partial charge in [0, 0.05) is 64.8 Å². The van der Waals surface area contributed by atoms with Crippen molar-refractivity contribution in [3.8, 4) is 0 Å². The summed E-state index contributed by atoms with van der Waals surface area (Å²) in [5.74, 6) is -2.94. The van der Waals surface area contributed by atoms with Crippen molar-refractivity contribution >= 4 is 41.9 Å². The highest BCUT2D eigenvalue weighted by Gasteiger charge is 2.38. The number of ether oxygens (including phenoxy) is 9. The first-order chi connectivity index (χ1) is 44.9. The number of hydrogen-bond acceptors (Lipinski definition) is 17. The molecule has 534 valence electrons. The number of nitrogens with one attached hydrogen (secondary N) is 1. The molecule has 1 saturated heterocycles. The van der Waals surface area contributed by atoms with E-state index in [-0.39, 0.29) is 63.3 Å². The zero-order chi connectivity index (χ0) is 67.1.